The summed E-state index contributed by atoms with van der Waals surface area (Å²) in [6, 6.07) is 0. The summed E-state index contributed by atoms with van der Waals surface area (Å²) in [5.41, 5.74) is 1.76. The van der Waals surface area contributed by atoms with Gasteiger partial charge in [0.2, 0.25) is 0 Å². The lowest BCUT2D eigenvalue weighted by atomic mass is 9.47. The van der Waals surface area contributed by atoms with Gasteiger partial charge < -0.3 is 15.1 Å². The topological polar surface area (TPSA) is 79.1 Å². The fraction of sp³-hybridized carbons (Fsp3) is 0.739. The maximum atomic E-state index is 12.0. The molecule has 3 unspecified atom stereocenters. The van der Waals surface area contributed by atoms with E-state index < -0.39 is 5.60 Å². The Morgan fingerprint density at radius 2 is 2.18 bits per heavy atom. The molecule has 5 aliphatic carbocycles. The minimum atomic E-state index is -0.399. The molecule has 1 heterocycles. The number of aliphatic hydroxyl groups is 1. The molecule has 5 nitrogen and oxygen atoms in total. The van der Waals surface area contributed by atoms with Crippen molar-refractivity contribution in [2.24, 2.45) is 52.0 Å². The lowest BCUT2D eigenvalue weighted by molar-refractivity contribution is -0.171. The van der Waals surface area contributed by atoms with E-state index in [1.807, 2.05) is 0 Å². The van der Waals surface area contributed by atoms with Gasteiger partial charge in [-0.1, -0.05) is 17.7 Å². The Morgan fingerprint density at radius 3 is 2.89 bits per heavy atom. The van der Waals surface area contributed by atoms with Crippen molar-refractivity contribution >= 4 is 11.7 Å². The Balaban J connectivity index is 1.41. The zero-order valence-electron chi connectivity index (χ0n) is 16.4. The fourth-order valence-electron chi connectivity index (χ4n) is 8.59. The molecule has 5 heteroatoms. The van der Waals surface area contributed by atoms with Crippen LogP contribution in [0.5, 0.6) is 0 Å². The van der Waals surface area contributed by atoms with E-state index in [2.05, 4.69) is 24.2 Å². The summed E-state index contributed by atoms with van der Waals surface area (Å²) in [6.45, 7) is 2.57. The molecule has 0 radical (unpaired) electrons. The Labute approximate surface area is 165 Å². The van der Waals surface area contributed by atoms with Gasteiger partial charge in [0.25, 0.3) is 0 Å². The molecular formula is C23H29NO4. The van der Waals surface area contributed by atoms with Crippen LogP contribution in [0.1, 0.15) is 45.4 Å². The van der Waals surface area contributed by atoms with E-state index in [0.717, 1.165) is 44.2 Å². The highest BCUT2D eigenvalue weighted by molar-refractivity contribution is 5.96. The van der Waals surface area contributed by atoms with Crippen molar-refractivity contribution in [1.82, 2.24) is 0 Å². The Kier molecular flexibility index (Phi) is 3.39. The number of esters is 1. The molecule has 9 atom stereocenters. The number of hydrogen-bond donors (Lipinski definition) is 2. The summed E-state index contributed by atoms with van der Waals surface area (Å²) in [5.74, 6) is 3.36. The third-order valence-electron chi connectivity index (χ3n) is 9.58. The van der Waals surface area contributed by atoms with Crippen LogP contribution in [0.25, 0.3) is 0 Å². The number of nitrogens with zero attached hydrogens (tertiary/aromatic N) is 1. The van der Waals surface area contributed by atoms with E-state index in [1.165, 1.54) is 5.57 Å². The second kappa shape index (κ2) is 5.50. The predicted molar refractivity (Wildman–Crippen MR) is 103 cm³/mol. The Bertz CT molecular complexity index is 830. The first-order valence-corrected chi connectivity index (χ1v) is 11.0. The molecule has 6 aliphatic rings. The maximum absolute atomic E-state index is 12.0. The van der Waals surface area contributed by atoms with Gasteiger partial charge in [-0.2, -0.15) is 0 Å². The van der Waals surface area contributed by atoms with Gasteiger partial charge in [-0.25, -0.2) is 4.79 Å². The first kappa shape index (κ1) is 17.3. The van der Waals surface area contributed by atoms with Crippen molar-refractivity contribution in [3.8, 4) is 0 Å². The molecule has 1 aliphatic heterocycles. The third kappa shape index (κ3) is 1.92. The lowest BCUT2D eigenvalue weighted by Gasteiger charge is -2.58. The SMILES string of the molecule is C[C@]12CCC3C(C1[C@H]1C[C@H]1[C@@]21C=CC(=O)O1)[C@@H](CO)CC1=C/C(=N/O)CC[C@@H]13. The summed E-state index contributed by atoms with van der Waals surface area (Å²) < 4.78 is 6.05. The largest absolute Gasteiger partial charge is 0.451 e. The Hall–Kier alpha value is -1.62. The van der Waals surface area contributed by atoms with Crippen LogP contribution in [0, 0.1) is 46.8 Å². The van der Waals surface area contributed by atoms with Gasteiger partial charge >= 0.3 is 5.97 Å². The number of fused-ring (bicyclic) bond motifs is 9. The fourth-order valence-corrected chi connectivity index (χ4v) is 8.59. The van der Waals surface area contributed by atoms with Gasteiger partial charge in [0.1, 0.15) is 5.60 Å². The molecule has 28 heavy (non-hydrogen) atoms. The summed E-state index contributed by atoms with van der Waals surface area (Å²) in [7, 11) is 0. The first-order valence-electron chi connectivity index (χ1n) is 11.0. The van der Waals surface area contributed by atoms with E-state index in [-0.39, 0.29) is 23.9 Å². The predicted octanol–water partition coefficient (Wildman–Crippen LogP) is 3.32. The second-order valence-electron chi connectivity index (χ2n) is 10.4. The van der Waals surface area contributed by atoms with Gasteiger partial charge in [0.05, 0.1) is 5.71 Å². The summed E-state index contributed by atoms with van der Waals surface area (Å²) in [6.07, 6.45) is 12.0. The zero-order valence-corrected chi connectivity index (χ0v) is 16.4. The molecular weight excluding hydrogens is 354 g/mol. The smallest absolute Gasteiger partial charge is 0.331 e. The maximum Gasteiger partial charge on any atom is 0.331 e. The quantitative estimate of drug-likeness (QED) is 0.414. The molecule has 0 bridgehead atoms. The van der Waals surface area contributed by atoms with Crippen LogP contribution in [-0.2, 0) is 9.53 Å². The number of ether oxygens (including phenoxy) is 1. The van der Waals surface area contributed by atoms with E-state index in [9.17, 15) is 15.1 Å². The van der Waals surface area contributed by atoms with Crippen molar-refractivity contribution in [3.05, 3.63) is 23.8 Å². The van der Waals surface area contributed by atoms with E-state index in [4.69, 9.17) is 4.74 Å². The highest BCUT2D eigenvalue weighted by Gasteiger charge is 2.78. The molecule has 1 spiro atoms. The normalized spacial score (nSPS) is 54.6. The van der Waals surface area contributed by atoms with Crippen LogP contribution in [-0.4, -0.2) is 34.2 Å². The van der Waals surface area contributed by atoms with E-state index >= 15 is 0 Å². The van der Waals surface area contributed by atoms with Crippen molar-refractivity contribution in [2.75, 3.05) is 6.61 Å². The number of oxime groups is 1. The van der Waals surface area contributed by atoms with Crippen molar-refractivity contribution < 1.29 is 19.8 Å². The highest BCUT2D eigenvalue weighted by atomic mass is 16.6. The van der Waals surface area contributed by atoms with Crippen LogP contribution in [0.2, 0.25) is 0 Å². The molecule has 0 aromatic heterocycles. The minimum absolute atomic E-state index is 0.00850. The van der Waals surface area contributed by atoms with Gasteiger partial charge in [-0.3, -0.25) is 0 Å². The first-order chi connectivity index (χ1) is 13.5. The average Bonchev–Trinajstić information content (AvgIpc) is 3.35. The average molecular weight is 383 g/mol. The zero-order chi connectivity index (χ0) is 19.3. The van der Waals surface area contributed by atoms with Gasteiger partial charge in [0.15, 0.2) is 0 Å². The second-order valence-corrected chi connectivity index (χ2v) is 10.4. The summed E-state index contributed by atoms with van der Waals surface area (Å²) >= 11 is 0. The highest BCUT2D eigenvalue weighted by Crippen LogP contribution is 2.78. The summed E-state index contributed by atoms with van der Waals surface area (Å²) in [4.78, 5) is 12.0. The molecule has 0 aromatic carbocycles. The van der Waals surface area contributed by atoms with Gasteiger partial charge in [0, 0.05) is 24.0 Å². The van der Waals surface area contributed by atoms with Crippen LogP contribution >= 0.6 is 0 Å². The molecule has 0 amide bonds. The van der Waals surface area contributed by atoms with E-state index in [0.29, 0.717) is 35.5 Å². The summed E-state index contributed by atoms with van der Waals surface area (Å²) in [5, 5.41) is 23.0. The lowest BCUT2D eigenvalue weighted by Crippen LogP contribution is -2.57. The number of allylic oxidation sites excluding steroid dienone is 2. The van der Waals surface area contributed by atoms with Crippen LogP contribution in [0.15, 0.2) is 29.0 Å². The molecule has 2 N–H and O–H groups in total. The minimum Gasteiger partial charge on any atom is -0.451 e. The van der Waals surface area contributed by atoms with Gasteiger partial charge in [-0.05, 0) is 86.2 Å². The number of carbonyl (C=O) groups is 1. The van der Waals surface area contributed by atoms with Crippen molar-refractivity contribution in [2.45, 2.75) is 51.0 Å². The van der Waals surface area contributed by atoms with E-state index in [1.54, 1.807) is 6.08 Å². The van der Waals surface area contributed by atoms with Crippen LogP contribution in [0.4, 0.5) is 0 Å². The van der Waals surface area contributed by atoms with Crippen molar-refractivity contribution in [3.63, 3.8) is 0 Å². The number of hydrogen-bond acceptors (Lipinski definition) is 5. The van der Waals surface area contributed by atoms with Crippen molar-refractivity contribution in [1.29, 1.82) is 0 Å². The van der Waals surface area contributed by atoms with Crippen LogP contribution in [0.3, 0.4) is 0 Å². The number of carbonyl (C=O) groups excluding carboxylic acids is 1. The molecule has 0 saturated heterocycles. The monoisotopic (exact) mass is 383 g/mol. The Morgan fingerprint density at radius 1 is 1.32 bits per heavy atom. The van der Waals surface area contributed by atoms with Crippen LogP contribution < -0.4 is 0 Å². The number of rotatable bonds is 1. The molecule has 4 fully saturated rings. The molecule has 150 valence electrons. The number of aliphatic hydroxyl groups excluding tert-OH is 1. The molecule has 6 rings (SSSR count). The molecule has 4 saturated carbocycles. The third-order valence-corrected chi connectivity index (χ3v) is 9.58. The molecule has 0 aromatic rings. The van der Waals surface area contributed by atoms with Gasteiger partial charge in [-0.15, -0.1) is 0 Å². The standard InChI is InChI=1S/C23H29NO4/c1-22-6-4-16-15-3-2-14(24-27)9-12(15)8-13(11-25)20(16)21(22)17-10-18(17)23(22)7-5-19(26)28-23/h5,7,9,13,15-18,20-21,25,27H,2-4,6,8,10-11H2,1H3/b24-14+/t13-,15+,16?,17+,18-,20?,21?,22+,23+/m1/s1.